The second kappa shape index (κ2) is 3.66. The first kappa shape index (κ1) is 9.00. The van der Waals surface area contributed by atoms with E-state index in [9.17, 15) is 4.79 Å². The largest absolute Gasteiger partial charge is 0.480 e. The Morgan fingerprint density at radius 3 is 2.62 bits per heavy atom. The van der Waals surface area contributed by atoms with Gasteiger partial charge in [-0.05, 0) is 31.2 Å². The van der Waals surface area contributed by atoms with Crippen LogP contribution in [0.5, 0.6) is 0 Å². The summed E-state index contributed by atoms with van der Waals surface area (Å²) in [6, 6.07) is -0.278. The van der Waals surface area contributed by atoms with Crippen LogP contribution >= 0.6 is 0 Å². The molecule has 1 aliphatic heterocycles. The molecule has 3 atom stereocenters. The number of carboxylic acid groups (broad SMARTS) is 1. The van der Waals surface area contributed by atoms with Gasteiger partial charge in [-0.15, -0.1) is 0 Å². The van der Waals surface area contributed by atoms with Gasteiger partial charge in [-0.3, -0.25) is 4.79 Å². The van der Waals surface area contributed by atoms with Crippen molar-refractivity contribution < 1.29 is 9.90 Å². The van der Waals surface area contributed by atoms with Gasteiger partial charge in [0.05, 0.1) is 0 Å². The molecule has 2 rings (SSSR count). The highest BCUT2D eigenvalue weighted by Crippen LogP contribution is 2.35. The van der Waals surface area contributed by atoms with E-state index in [4.69, 9.17) is 5.11 Å². The number of hydrogen-bond donors (Lipinski definition) is 2. The zero-order valence-corrected chi connectivity index (χ0v) is 7.83. The molecule has 0 bridgehead atoms. The molecule has 0 aromatic carbocycles. The number of nitrogens with one attached hydrogen (secondary N) is 1. The molecule has 1 heterocycles. The highest BCUT2D eigenvalue weighted by Gasteiger charge is 2.34. The molecule has 2 N–H and O–H groups in total. The van der Waals surface area contributed by atoms with Gasteiger partial charge in [0, 0.05) is 0 Å². The predicted molar refractivity (Wildman–Crippen MR) is 49.5 cm³/mol. The van der Waals surface area contributed by atoms with E-state index in [1.165, 1.54) is 25.7 Å². The van der Waals surface area contributed by atoms with Gasteiger partial charge in [0.1, 0.15) is 6.04 Å². The monoisotopic (exact) mass is 183 g/mol. The molecule has 0 spiro atoms. The lowest BCUT2D eigenvalue weighted by atomic mass is 9.74. The third-order valence-electron chi connectivity index (χ3n) is 3.53. The Labute approximate surface area is 78.5 Å². The number of rotatable bonds is 1. The summed E-state index contributed by atoms with van der Waals surface area (Å²) in [7, 11) is 0. The average molecular weight is 183 g/mol. The van der Waals surface area contributed by atoms with Gasteiger partial charge in [-0.25, -0.2) is 0 Å². The summed E-state index contributed by atoms with van der Waals surface area (Å²) in [5.41, 5.74) is 0. The Kier molecular flexibility index (Phi) is 2.54. The zero-order valence-electron chi connectivity index (χ0n) is 7.83. The Balaban J connectivity index is 1.95. The molecule has 3 heteroatoms. The number of aliphatic carboxylic acids is 1. The van der Waals surface area contributed by atoms with E-state index < -0.39 is 5.97 Å². The number of carboxylic acids is 1. The molecule has 13 heavy (non-hydrogen) atoms. The number of carbonyl (C=O) groups is 1. The average Bonchev–Trinajstić information content (AvgIpc) is 2.17. The number of fused-ring (bicyclic) bond motifs is 1. The molecule has 3 nitrogen and oxygen atoms in total. The van der Waals surface area contributed by atoms with Crippen molar-refractivity contribution in [1.82, 2.24) is 5.32 Å². The summed E-state index contributed by atoms with van der Waals surface area (Å²) in [5, 5.41) is 12.0. The summed E-state index contributed by atoms with van der Waals surface area (Å²) in [6.45, 7) is 0.918. The quantitative estimate of drug-likeness (QED) is 0.643. The van der Waals surface area contributed by atoms with Crippen LogP contribution in [0.15, 0.2) is 0 Å². The van der Waals surface area contributed by atoms with Crippen LogP contribution in [0.4, 0.5) is 0 Å². The van der Waals surface area contributed by atoms with E-state index in [0.29, 0.717) is 5.92 Å². The second-order valence-corrected chi connectivity index (χ2v) is 4.34. The molecule has 2 unspecified atom stereocenters. The fourth-order valence-electron chi connectivity index (χ4n) is 2.73. The first-order valence-electron chi connectivity index (χ1n) is 5.23. The molecule has 74 valence electrons. The van der Waals surface area contributed by atoms with E-state index in [2.05, 4.69) is 5.32 Å². The minimum absolute atomic E-state index is 0.278. The third kappa shape index (κ3) is 1.85. The first-order valence-corrected chi connectivity index (χ1v) is 5.23. The van der Waals surface area contributed by atoms with Crippen LogP contribution in [0.2, 0.25) is 0 Å². The lowest BCUT2D eigenvalue weighted by Gasteiger charge is -2.38. The lowest BCUT2D eigenvalue weighted by Crippen LogP contribution is -2.48. The smallest absolute Gasteiger partial charge is 0.320 e. The van der Waals surface area contributed by atoms with Crippen molar-refractivity contribution in [3.05, 3.63) is 0 Å². The summed E-state index contributed by atoms with van der Waals surface area (Å²) in [4.78, 5) is 10.8. The van der Waals surface area contributed by atoms with Crippen molar-refractivity contribution in [2.24, 2.45) is 11.8 Å². The maximum atomic E-state index is 10.8. The van der Waals surface area contributed by atoms with Crippen LogP contribution in [0.1, 0.15) is 32.1 Å². The van der Waals surface area contributed by atoms with Crippen molar-refractivity contribution in [3.63, 3.8) is 0 Å². The minimum Gasteiger partial charge on any atom is -0.480 e. The van der Waals surface area contributed by atoms with Crippen molar-refractivity contribution in [3.8, 4) is 0 Å². The Morgan fingerprint density at radius 1 is 1.23 bits per heavy atom. The Hall–Kier alpha value is -0.570. The maximum absolute atomic E-state index is 10.8. The van der Waals surface area contributed by atoms with Gasteiger partial charge >= 0.3 is 5.97 Å². The lowest BCUT2D eigenvalue weighted by molar-refractivity contribution is -0.141. The minimum atomic E-state index is -0.677. The Morgan fingerprint density at radius 2 is 1.92 bits per heavy atom. The van der Waals surface area contributed by atoms with Gasteiger partial charge in [0.25, 0.3) is 0 Å². The fraction of sp³-hybridized carbons (Fsp3) is 0.900. The van der Waals surface area contributed by atoms with Gasteiger partial charge in [-0.1, -0.05) is 19.3 Å². The zero-order chi connectivity index (χ0) is 9.26. The van der Waals surface area contributed by atoms with E-state index in [-0.39, 0.29) is 6.04 Å². The van der Waals surface area contributed by atoms with Gasteiger partial charge in [0.2, 0.25) is 0 Å². The molecule has 0 radical (unpaired) electrons. The molecule has 0 amide bonds. The molecular weight excluding hydrogens is 166 g/mol. The maximum Gasteiger partial charge on any atom is 0.320 e. The van der Waals surface area contributed by atoms with Crippen molar-refractivity contribution in [1.29, 1.82) is 0 Å². The number of hydrogen-bond acceptors (Lipinski definition) is 2. The third-order valence-corrected chi connectivity index (χ3v) is 3.53. The summed E-state index contributed by atoms with van der Waals surface area (Å²) in [5.74, 6) is 0.754. The fourth-order valence-corrected chi connectivity index (χ4v) is 2.73. The normalized spacial score (nSPS) is 39.5. The molecule has 1 aliphatic carbocycles. The van der Waals surface area contributed by atoms with Crippen LogP contribution in [-0.2, 0) is 4.79 Å². The van der Waals surface area contributed by atoms with Crippen molar-refractivity contribution in [2.45, 2.75) is 38.1 Å². The van der Waals surface area contributed by atoms with Crippen LogP contribution in [0, 0.1) is 11.8 Å². The molecule has 1 saturated carbocycles. The van der Waals surface area contributed by atoms with Gasteiger partial charge in [0.15, 0.2) is 0 Å². The van der Waals surface area contributed by atoms with E-state index in [1.54, 1.807) is 0 Å². The van der Waals surface area contributed by atoms with Gasteiger partial charge < -0.3 is 10.4 Å². The second-order valence-electron chi connectivity index (χ2n) is 4.34. The van der Waals surface area contributed by atoms with Crippen LogP contribution in [0.3, 0.4) is 0 Å². The van der Waals surface area contributed by atoms with Crippen LogP contribution in [-0.4, -0.2) is 23.7 Å². The van der Waals surface area contributed by atoms with Gasteiger partial charge in [-0.2, -0.15) is 0 Å². The highest BCUT2D eigenvalue weighted by molar-refractivity contribution is 5.73. The molecular formula is C10H17NO2. The highest BCUT2D eigenvalue weighted by atomic mass is 16.4. The van der Waals surface area contributed by atoms with Crippen molar-refractivity contribution in [2.75, 3.05) is 6.54 Å². The van der Waals surface area contributed by atoms with E-state index in [1.807, 2.05) is 0 Å². The summed E-state index contributed by atoms with van der Waals surface area (Å²) < 4.78 is 0. The van der Waals surface area contributed by atoms with Crippen LogP contribution < -0.4 is 5.32 Å². The topological polar surface area (TPSA) is 49.3 Å². The predicted octanol–water partition coefficient (Wildman–Crippen LogP) is 1.24. The summed E-state index contributed by atoms with van der Waals surface area (Å²) >= 11 is 0. The molecule has 2 aliphatic rings. The number of piperidine rings is 1. The standard InChI is InChI=1S/C10H17NO2/c12-10(13)9-5-7-3-1-2-4-8(7)6-11-9/h7-9,11H,1-6H2,(H,12,13)/t7-,8?,9?/m1/s1. The van der Waals surface area contributed by atoms with E-state index >= 15 is 0 Å². The van der Waals surface area contributed by atoms with Crippen LogP contribution in [0.25, 0.3) is 0 Å². The van der Waals surface area contributed by atoms with E-state index in [0.717, 1.165) is 18.9 Å². The Bertz CT molecular complexity index is 205. The molecule has 2 fully saturated rings. The molecule has 1 saturated heterocycles. The molecule has 0 aromatic heterocycles. The SMILES string of the molecule is O=C(O)C1C[C@H]2CCCCC2CN1. The summed E-state index contributed by atoms with van der Waals surface area (Å²) in [6.07, 6.45) is 6.02. The van der Waals surface area contributed by atoms with Crippen molar-refractivity contribution >= 4 is 5.97 Å². The first-order chi connectivity index (χ1) is 6.27. The molecule has 0 aromatic rings.